The number of hydrogen-bond donors (Lipinski definition) is 2. The summed E-state index contributed by atoms with van der Waals surface area (Å²) < 4.78 is 9.76. The highest BCUT2D eigenvalue weighted by molar-refractivity contribution is 5.98. The first-order valence-corrected chi connectivity index (χ1v) is 6.30. The molecule has 0 spiro atoms. The number of H-pyrrole nitrogens is 1. The Morgan fingerprint density at radius 2 is 2.05 bits per heavy atom. The van der Waals surface area contributed by atoms with Crippen molar-refractivity contribution in [3.63, 3.8) is 0 Å². The molecule has 106 valence electrons. The SMILES string of the molecule is O=C(NCOC(=O)c1ccco1)c1cc2ccccc2[nH]1. The minimum Gasteiger partial charge on any atom is -0.457 e. The van der Waals surface area contributed by atoms with Crippen molar-refractivity contribution in [2.75, 3.05) is 6.73 Å². The summed E-state index contributed by atoms with van der Waals surface area (Å²) in [5.41, 5.74) is 1.28. The van der Waals surface area contributed by atoms with E-state index in [-0.39, 0.29) is 18.4 Å². The molecule has 3 rings (SSSR count). The van der Waals surface area contributed by atoms with Crippen LogP contribution in [-0.4, -0.2) is 23.6 Å². The molecular weight excluding hydrogens is 272 g/mol. The number of rotatable bonds is 4. The zero-order chi connectivity index (χ0) is 14.7. The maximum Gasteiger partial charge on any atom is 0.375 e. The number of esters is 1. The topological polar surface area (TPSA) is 84.3 Å². The van der Waals surface area contributed by atoms with Crippen LogP contribution in [0.2, 0.25) is 0 Å². The number of aromatic amines is 1. The Bertz CT molecular complexity index is 741. The van der Waals surface area contributed by atoms with Gasteiger partial charge < -0.3 is 19.5 Å². The average Bonchev–Trinajstić information content (AvgIpc) is 3.16. The monoisotopic (exact) mass is 284 g/mol. The minimum absolute atomic E-state index is 0.0925. The normalized spacial score (nSPS) is 10.5. The van der Waals surface area contributed by atoms with Crippen LogP contribution in [0.3, 0.4) is 0 Å². The summed E-state index contributed by atoms with van der Waals surface area (Å²) >= 11 is 0. The Morgan fingerprint density at radius 3 is 2.81 bits per heavy atom. The average molecular weight is 284 g/mol. The number of ether oxygens (including phenoxy) is 1. The van der Waals surface area contributed by atoms with Crippen LogP contribution in [0.1, 0.15) is 21.0 Å². The van der Waals surface area contributed by atoms with Crippen LogP contribution in [0.4, 0.5) is 0 Å². The minimum atomic E-state index is -0.628. The predicted octanol–water partition coefficient (Wildman–Crippen LogP) is 2.31. The maximum absolute atomic E-state index is 11.9. The zero-order valence-corrected chi connectivity index (χ0v) is 11.0. The fourth-order valence-electron chi connectivity index (χ4n) is 1.92. The van der Waals surface area contributed by atoms with E-state index >= 15 is 0 Å². The highest BCUT2D eigenvalue weighted by Crippen LogP contribution is 2.14. The molecule has 0 aliphatic carbocycles. The molecule has 6 heteroatoms. The standard InChI is InChI=1S/C15H12N2O4/c18-14(12-8-10-4-1-2-5-11(10)17-12)16-9-21-15(19)13-6-3-7-20-13/h1-8,17H,9H2,(H,16,18). The molecule has 2 heterocycles. The molecule has 0 bridgehead atoms. The molecule has 0 aliphatic heterocycles. The van der Waals surface area contributed by atoms with Gasteiger partial charge in [-0.05, 0) is 24.3 Å². The number of hydrogen-bond acceptors (Lipinski definition) is 4. The van der Waals surface area contributed by atoms with Crippen molar-refractivity contribution in [1.29, 1.82) is 0 Å². The number of amides is 1. The summed E-state index contributed by atoms with van der Waals surface area (Å²) in [5.74, 6) is -0.884. The lowest BCUT2D eigenvalue weighted by atomic mass is 10.2. The summed E-state index contributed by atoms with van der Waals surface area (Å²) in [6.45, 7) is -0.228. The molecule has 0 atom stereocenters. The summed E-state index contributed by atoms with van der Waals surface area (Å²) in [6.07, 6.45) is 1.37. The molecule has 1 amide bonds. The number of carbonyl (C=O) groups is 2. The van der Waals surface area contributed by atoms with Crippen LogP contribution in [0.15, 0.2) is 53.1 Å². The molecule has 0 saturated carbocycles. The smallest absolute Gasteiger partial charge is 0.375 e. The molecule has 21 heavy (non-hydrogen) atoms. The molecule has 3 aromatic rings. The van der Waals surface area contributed by atoms with E-state index in [9.17, 15) is 9.59 Å². The Balaban J connectivity index is 1.58. The summed E-state index contributed by atoms with van der Waals surface area (Å²) in [6, 6.07) is 12.4. The third kappa shape index (κ3) is 2.79. The van der Waals surface area contributed by atoms with Crippen LogP contribution < -0.4 is 5.32 Å². The van der Waals surface area contributed by atoms with E-state index in [4.69, 9.17) is 9.15 Å². The van der Waals surface area contributed by atoms with Gasteiger partial charge in [0, 0.05) is 10.9 Å². The van der Waals surface area contributed by atoms with Crippen molar-refractivity contribution < 1.29 is 18.7 Å². The van der Waals surface area contributed by atoms with E-state index in [0.29, 0.717) is 5.69 Å². The Labute approximate surface area is 119 Å². The first-order valence-electron chi connectivity index (χ1n) is 6.30. The predicted molar refractivity (Wildman–Crippen MR) is 74.8 cm³/mol. The number of nitrogens with one attached hydrogen (secondary N) is 2. The second kappa shape index (κ2) is 5.54. The molecule has 6 nitrogen and oxygen atoms in total. The quantitative estimate of drug-likeness (QED) is 0.568. The van der Waals surface area contributed by atoms with Crippen molar-refractivity contribution >= 4 is 22.8 Å². The van der Waals surface area contributed by atoms with Gasteiger partial charge in [0.05, 0.1) is 6.26 Å². The molecule has 2 aromatic heterocycles. The van der Waals surface area contributed by atoms with Gasteiger partial charge in [-0.25, -0.2) is 4.79 Å². The molecule has 0 aliphatic rings. The van der Waals surface area contributed by atoms with Gasteiger partial charge in [0.15, 0.2) is 6.73 Å². The van der Waals surface area contributed by atoms with Gasteiger partial charge in [-0.1, -0.05) is 18.2 Å². The van der Waals surface area contributed by atoms with Crippen molar-refractivity contribution in [3.05, 3.63) is 60.2 Å². The van der Waals surface area contributed by atoms with Gasteiger partial charge in [0.25, 0.3) is 5.91 Å². The van der Waals surface area contributed by atoms with Crippen molar-refractivity contribution in [2.24, 2.45) is 0 Å². The number of fused-ring (bicyclic) bond motifs is 1. The number of furan rings is 1. The van der Waals surface area contributed by atoms with Crippen molar-refractivity contribution in [3.8, 4) is 0 Å². The van der Waals surface area contributed by atoms with Gasteiger partial charge in [-0.15, -0.1) is 0 Å². The summed E-state index contributed by atoms with van der Waals surface area (Å²) in [4.78, 5) is 26.4. The van der Waals surface area contributed by atoms with Gasteiger partial charge >= 0.3 is 5.97 Å². The number of carbonyl (C=O) groups excluding carboxylic acids is 2. The van der Waals surface area contributed by atoms with Crippen LogP contribution in [0, 0.1) is 0 Å². The van der Waals surface area contributed by atoms with Gasteiger partial charge in [0.1, 0.15) is 5.69 Å². The van der Waals surface area contributed by atoms with E-state index in [2.05, 4.69) is 10.3 Å². The van der Waals surface area contributed by atoms with Gasteiger partial charge in [0.2, 0.25) is 5.76 Å². The number of para-hydroxylation sites is 1. The van der Waals surface area contributed by atoms with E-state index < -0.39 is 5.97 Å². The second-order valence-corrected chi connectivity index (χ2v) is 4.33. The zero-order valence-electron chi connectivity index (χ0n) is 11.0. The van der Waals surface area contributed by atoms with E-state index in [1.807, 2.05) is 24.3 Å². The van der Waals surface area contributed by atoms with Gasteiger partial charge in [-0.2, -0.15) is 0 Å². The summed E-state index contributed by atoms with van der Waals surface area (Å²) in [5, 5.41) is 3.44. The highest BCUT2D eigenvalue weighted by Gasteiger charge is 2.12. The third-order valence-corrected chi connectivity index (χ3v) is 2.93. The lowest BCUT2D eigenvalue weighted by Crippen LogP contribution is -2.27. The Hall–Kier alpha value is -3.02. The van der Waals surface area contributed by atoms with Crippen molar-refractivity contribution in [2.45, 2.75) is 0 Å². The lowest BCUT2D eigenvalue weighted by molar-refractivity contribution is 0.0429. The van der Waals surface area contributed by atoms with Gasteiger partial charge in [-0.3, -0.25) is 4.79 Å². The Morgan fingerprint density at radius 1 is 1.19 bits per heavy atom. The largest absolute Gasteiger partial charge is 0.457 e. The Kier molecular flexibility index (Phi) is 3.42. The molecule has 0 unspecified atom stereocenters. The molecule has 0 fully saturated rings. The molecule has 0 radical (unpaired) electrons. The fraction of sp³-hybridized carbons (Fsp3) is 0.0667. The number of benzene rings is 1. The highest BCUT2D eigenvalue weighted by atomic mass is 16.6. The molecule has 0 saturated heterocycles. The summed E-state index contributed by atoms with van der Waals surface area (Å²) in [7, 11) is 0. The van der Waals surface area contributed by atoms with Crippen LogP contribution in [0.5, 0.6) is 0 Å². The van der Waals surface area contributed by atoms with E-state index in [1.165, 1.54) is 12.3 Å². The molecule has 1 aromatic carbocycles. The van der Waals surface area contributed by atoms with E-state index in [0.717, 1.165) is 10.9 Å². The maximum atomic E-state index is 11.9. The molecular formula is C15H12N2O4. The first-order chi connectivity index (χ1) is 10.2. The van der Waals surface area contributed by atoms with E-state index in [1.54, 1.807) is 12.1 Å². The fourth-order valence-corrected chi connectivity index (χ4v) is 1.92. The molecule has 2 N–H and O–H groups in total. The number of aromatic nitrogens is 1. The lowest BCUT2D eigenvalue weighted by Gasteiger charge is -2.04. The third-order valence-electron chi connectivity index (χ3n) is 2.93. The van der Waals surface area contributed by atoms with Crippen molar-refractivity contribution in [1.82, 2.24) is 10.3 Å². The van der Waals surface area contributed by atoms with Crippen LogP contribution in [-0.2, 0) is 4.74 Å². The van der Waals surface area contributed by atoms with Crippen LogP contribution in [0.25, 0.3) is 10.9 Å². The second-order valence-electron chi connectivity index (χ2n) is 4.33. The first kappa shape index (κ1) is 13.0. The van der Waals surface area contributed by atoms with Crippen LogP contribution >= 0.6 is 0 Å².